The Kier molecular flexibility index (Phi) is 3.94. The van der Waals surface area contributed by atoms with E-state index in [4.69, 9.17) is 0 Å². The van der Waals surface area contributed by atoms with E-state index in [0.717, 1.165) is 36.1 Å². The lowest BCUT2D eigenvalue weighted by Crippen LogP contribution is -2.41. The molecule has 1 aromatic carbocycles. The Labute approximate surface area is 140 Å². The summed E-state index contributed by atoms with van der Waals surface area (Å²) in [5.74, 6) is 0.405. The van der Waals surface area contributed by atoms with Gasteiger partial charge in [-0.25, -0.2) is 4.98 Å². The van der Waals surface area contributed by atoms with Gasteiger partial charge in [0.15, 0.2) is 0 Å². The third-order valence-corrected chi connectivity index (χ3v) is 4.61. The Morgan fingerprint density at radius 3 is 3.00 bits per heavy atom. The minimum atomic E-state index is 0.131. The van der Waals surface area contributed by atoms with E-state index < -0.39 is 0 Å². The normalized spacial score (nSPS) is 18.0. The number of piperidine rings is 1. The standard InChI is InChI=1S/C18H19N5O/c24-18(12-23-13-21-15-5-1-2-6-17(15)23)22-9-3-4-14(11-22)16-10-19-7-8-20-16/h1-2,5-8,10,13-14H,3-4,9,11-12H2. The number of carbonyl (C=O) groups is 1. The molecule has 6 heteroatoms. The number of hydrogen-bond donors (Lipinski definition) is 0. The molecule has 1 fully saturated rings. The van der Waals surface area contributed by atoms with Gasteiger partial charge in [-0.05, 0) is 25.0 Å². The quantitative estimate of drug-likeness (QED) is 0.742. The van der Waals surface area contributed by atoms with Crippen LogP contribution >= 0.6 is 0 Å². The van der Waals surface area contributed by atoms with Crippen molar-refractivity contribution in [1.82, 2.24) is 24.4 Å². The van der Waals surface area contributed by atoms with E-state index in [1.165, 1.54) is 0 Å². The summed E-state index contributed by atoms with van der Waals surface area (Å²) in [7, 11) is 0. The molecule has 24 heavy (non-hydrogen) atoms. The summed E-state index contributed by atoms with van der Waals surface area (Å²) < 4.78 is 1.92. The van der Waals surface area contributed by atoms with Gasteiger partial charge in [-0.3, -0.25) is 14.8 Å². The molecule has 0 radical (unpaired) electrons. The number of carbonyl (C=O) groups excluding carboxylic acids is 1. The largest absolute Gasteiger partial charge is 0.340 e. The van der Waals surface area contributed by atoms with Crippen LogP contribution in [0.5, 0.6) is 0 Å². The number of hydrogen-bond acceptors (Lipinski definition) is 4. The summed E-state index contributed by atoms with van der Waals surface area (Å²) in [6.45, 7) is 1.85. The molecule has 0 spiro atoms. The van der Waals surface area contributed by atoms with Gasteiger partial charge in [-0.15, -0.1) is 0 Å². The van der Waals surface area contributed by atoms with Crippen molar-refractivity contribution >= 4 is 16.9 Å². The highest BCUT2D eigenvalue weighted by atomic mass is 16.2. The molecule has 1 amide bonds. The molecule has 1 atom stereocenters. The smallest absolute Gasteiger partial charge is 0.242 e. The first-order valence-electron chi connectivity index (χ1n) is 8.25. The third-order valence-electron chi connectivity index (χ3n) is 4.61. The highest BCUT2D eigenvalue weighted by Gasteiger charge is 2.25. The number of nitrogens with zero attached hydrogens (tertiary/aromatic N) is 5. The number of amides is 1. The minimum absolute atomic E-state index is 0.131. The third kappa shape index (κ3) is 2.87. The van der Waals surface area contributed by atoms with Crippen LogP contribution in [-0.4, -0.2) is 43.4 Å². The van der Waals surface area contributed by atoms with Crippen molar-refractivity contribution in [1.29, 1.82) is 0 Å². The molecule has 4 rings (SSSR count). The van der Waals surface area contributed by atoms with Gasteiger partial charge >= 0.3 is 0 Å². The summed E-state index contributed by atoms with van der Waals surface area (Å²) in [5, 5.41) is 0. The van der Waals surface area contributed by atoms with Crippen molar-refractivity contribution < 1.29 is 4.79 Å². The lowest BCUT2D eigenvalue weighted by Gasteiger charge is -2.32. The molecule has 0 bridgehead atoms. The minimum Gasteiger partial charge on any atom is -0.340 e. The van der Waals surface area contributed by atoms with Crippen molar-refractivity contribution in [2.45, 2.75) is 25.3 Å². The van der Waals surface area contributed by atoms with Gasteiger partial charge in [-0.2, -0.15) is 0 Å². The zero-order valence-corrected chi connectivity index (χ0v) is 13.4. The molecule has 1 saturated heterocycles. The van der Waals surface area contributed by atoms with E-state index in [-0.39, 0.29) is 11.8 Å². The van der Waals surface area contributed by atoms with Gasteiger partial charge in [0, 0.05) is 37.6 Å². The van der Waals surface area contributed by atoms with Gasteiger partial charge in [-0.1, -0.05) is 12.1 Å². The van der Waals surface area contributed by atoms with Gasteiger partial charge in [0.05, 0.1) is 23.1 Å². The zero-order chi connectivity index (χ0) is 16.4. The molecule has 1 aliphatic rings. The first kappa shape index (κ1) is 14.8. The Morgan fingerprint density at radius 1 is 1.21 bits per heavy atom. The number of imidazole rings is 1. The highest BCUT2D eigenvalue weighted by Crippen LogP contribution is 2.25. The second-order valence-electron chi connectivity index (χ2n) is 6.17. The highest BCUT2D eigenvalue weighted by molar-refractivity contribution is 5.80. The summed E-state index contributed by atoms with van der Waals surface area (Å²) in [4.78, 5) is 27.6. The Balaban J connectivity index is 1.48. The molecule has 3 aromatic rings. The first-order chi connectivity index (χ1) is 11.8. The zero-order valence-electron chi connectivity index (χ0n) is 13.4. The molecule has 1 aliphatic heterocycles. The second-order valence-corrected chi connectivity index (χ2v) is 6.17. The van der Waals surface area contributed by atoms with Crippen LogP contribution in [0.25, 0.3) is 11.0 Å². The van der Waals surface area contributed by atoms with Crippen LogP contribution in [0, 0.1) is 0 Å². The van der Waals surface area contributed by atoms with Crippen LogP contribution in [0.1, 0.15) is 24.5 Å². The SMILES string of the molecule is O=C(Cn1cnc2ccccc21)N1CCCC(c2cnccn2)C1. The van der Waals surface area contributed by atoms with E-state index in [0.29, 0.717) is 13.1 Å². The summed E-state index contributed by atoms with van der Waals surface area (Å²) in [6, 6.07) is 7.88. The first-order valence-corrected chi connectivity index (χ1v) is 8.25. The van der Waals surface area contributed by atoms with Crippen LogP contribution in [0.2, 0.25) is 0 Å². The van der Waals surface area contributed by atoms with Crippen molar-refractivity contribution in [2.75, 3.05) is 13.1 Å². The fraction of sp³-hybridized carbons (Fsp3) is 0.333. The van der Waals surface area contributed by atoms with Crippen LogP contribution in [0.3, 0.4) is 0 Å². The molecule has 2 aromatic heterocycles. The monoisotopic (exact) mass is 321 g/mol. The van der Waals surface area contributed by atoms with Crippen molar-refractivity contribution in [3.63, 3.8) is 0 Å². The number of rotatable bonds is 3. The topological polar surface area (TPSA) is 63.9 Å². The fourth-order valence-corrected chi connectivity index (χ4v) is 3.35. The number of fused-ring (bicyclic) bond motifs is 1. The molecule has 1 unspecified atom stereocenters. The Morgan fingerprint density at radius 2 is 2.12 bits per heavy atom. The Hall–Kier alpha value is -2.76. The van der Waals surface area contributed by atoms with Crippen LogP contribution < -0.4 is 0 Å². The van der Waals surface area contributed by atoms with Crippen LogP contribution in [-0.2, 0) is 11.3 Å². The molecular weight excluding hydrogens is 302 g/mol. The van der Waals surface area contributed by atoms with E-state index in [1.54, 1.807) is 18.7 Å². The maximum absolute atomic E-state index is 12.7. The van der Waals surface area contributed by atoms with E-state index in [9.17, 15) is 4.79 Å². The van der Waals surface area contributed by atoms with Crippen molar-refractivity contribution in [2.24, 2.45) is 0 Å². The molecular formula is C18H19N5O. The number of para-hydroxylation sites is 2. The van der Waals surface area contributed by atoms with Crippen LogP contribution in [0.15, 0.2) is 49.2 Å². The number of aromatic nitrogens is 4. The average Bonchev–Trinajstić information content (AvgIpc) is 3.06. The number of benzene rings is 1. The lowest BCUT2D eigenvalue weighted by molar-refractivity contribution is -0.133. The summed E-state index contributed by atoms with van der Waals surface area (Å²) >= 11 is 0. The molecule has 0 aliphatic carbocycles. The van der Waals surface area contributed by atoms with E-state index in [1.807, 2.05) is 39.9 Å². The maximum atomic E-state index is 12.7. The van der Waals surface area contributed by atoms with Gasteiger partial charge in [0.25, 0.3) is 0 Å². The molecule has 122 valence electrons. The fourth-order valence-electron chi connectivity index (χ4n) is 3.35. The molecule has 0 N–H and O–H groups in total. The predicted molar refractivity (Wildman–Crippen MR) is 90.3 cm³/mol. The van der Waals surface area contributed by atoms with Gasteiger partial charge < -0.3 is 9.47 Å². The summed E-state index contributed by atoms with van der Waals surface area (Å²) in [5.41, 5.74) is 2.89. The Bertz CT molecular complexity index is 845. The van der Waals surface area contributed by atoms with Crippen molar-refractivity contribution in [3.8, 4) is 0 Å². The molecule has 3 heterocycles. The molecule has 0 saturated carbocycles. The van der Waals surface area contributed by atoms with E-state index >= 15 is 0 Å². The van der Waals surface area contributed by atoms with Crippen molar-refractivity contribution in [3.05, 3.63) is 54.9 Å². The van der Waals surface area contributed by atoms with Crippen LogP contribution in [0.4, 0.5) is 0 Å². The average molecular weight is 321 g/mol. The van der Waals surface area contributed by atoms with Gasteiger partial charge in [0.2, 0.25) is 5.91 Å². The number of likely N-dealkylation sites (tertiary alicyclic amines) is 1. The molecule has 6 nitrogen and oxygen atoms in total. The second kappa shape index (κ2) is 6.39. The summed E-state index contributed by atoms with van der Waals surface area (Å²) in [6.07, 6.45) is 9.00. The maximum Gasteiger partial charge on any atom is 0.242 e. The predicted octanol–water partition coefficient (Wildman–Crippen LogP) is 2.23. The van der Waals surface area contributed by atoms with Gasteiger partial charge in [0.1, 0.15) is 6.54 Å². The lowest BCUT2D eigenvalue weighted by atomic mass is 9.95. The van der Waals surface area contributed by atoms with E-state index in [2.05, 4.69) is 15.0 Å².